The largest absolute Gasteiger partial charge is 0.378 e. The van der Waals surface area contributed by atoms with E-state index in [2.05, 4.69) is 4.90 Å². The number of hydrogen-bond donors (Lipinski definition) is 1. The first-order chi connectivity index (χ1) is 7.68. The molecule has 0 radical (unpaired) electrons. The van der Waals surface area contributed by atoms with Crippen LogP contribution in [0, 0.1) is 0 Å². The number of carbonyl (C=O) groups excluding carboxylic acids is 1. The molecule has 2 rings (SSSR count). The number of rotatable bonds is 2. The van der Waals surface area contributed by atoms with E-state index in [1.807, 2.05) is 6.07 Å². The molecular weight excluding hydrogens is 228 g/mol. The van der Waals surface area contributed by atoms with Crippen molar-refractivity contribution < 1.29 is 9.53 Å². The van der Waals surface area contributed by atoms with Crippen LogP contribution in [0.1, 0.15) is 10.4 Å². The third kappa shape index (κ3) is 2.28. The summed E-state index contributed by atoms with van der Waals surface area (Å²) >= 11 is 5.85. The Balaban J connectivity index is 2.34. The Morgan fingerprint density at radius 2 is 2.06 bits per heavy atom. The molecule has 1 aromatic carbocycles. The Bertz CT molecular complexity index is 403. The van der Waals surface area contributed by atoms with Gasteiger partial charge in [0.2, 0.25) is 0 Å². The molecule has 0 spiro atoms. The molecule has 0 unspecified atom stereocenters. The Kier molecular flexibility index (Phi) is 3.31. The monoisotopic (exact) mass is 240 g/mol. The molecule has 4 nitrogen and oxygen atoms in total. The summed E-state index contributed by atoms with van der Waals surface area (Å²) in [5, 5.41) is 0.519. The lowest BCUT2D eigenvalue weighted by Crippen LogP contribution is -2.37. The van der Waals surface area contributed by atoms with E-state index in [1.165, 1.54) is 0 Å². The van der Waals surface area contributed by atoms with Crippen LogP contribution in [0.4, 0.5) is 5.69 Å². The van der Waals surface area contributed by atoms with E-state index in [0.717, 1.165) is 18.8 Å². The highest BCUT2D eigenvalue weighted by atomic mass is 35.5. The van der Waals surface area contributed by atoms with Crippen LogP contribution < -0.4 is 10.6 Å². The summed E-state index contributed by atoms with van der Waals surface area (Å²) < 4.78 is 5.26. The average Bonchev–Trinajstić information content (AvgIpc) is 2.30. The highest BCUT2D eigenvalue weighted by molar-refractivity contribution is 6.31. The van der Waals surface area contributed by atoms with Crippen molar-refractivity contribution in [1.29, 1.82) is 0 Å². The van der Waals surface area contributed by atoms with Crippen molar-refractivity contribution in [2.75, 3.05) is 31.2 Å². The number of anilines is 1. The quantitative estimate of drug-likeness (QED) is 0.847. The van der Waals surface area contributed by atoms with Gasteiger partial charge in [0.15, 0.2) is 0 Å². The lowest BCUT2D eigenvalue weighted by atomic mass is 10.1. The van der Waals surface area contributed by atoms with E-state index in [4.69, 9.17) is 22.1 Å². The number of benzene rings is 1. The molecular formula is C11H13ClN2O2. The first kappa shape index (κ1) is 11.2. The summed E-state index contributed by atoms with van der Waals surface area (Å²) in [5.41, 5.74) is 6.64. The molecule has 16 heavy (non-hydrogen) atoms. The molecule has 1 aliphatic heterocycles. The molecule has 5 heteroatoms. The predicted molar refractivity (Wildman–Crippen MR) is 63.0 cm³/mol. The van der Waals surface area contributed by atoms with E-state index in [-0.39, 0.29) is 0 Å². The SMILES string of the molecule is NC(=O)c1cc(Cl)ccc1N1CCOCC1. The molecule has 1 heterocycles. The van der Waals surface area contributed by atoms with Crippen molar-refractivity contribution in [2.24, 2.45) is 5.73 Å². The molecule has 1 amide bonds. The first-order valence-corrected chi connectivity index (χ1v) is 5.48. The molecule has 1 fully saturated rings. The average molecular weight is 241 g/mol. The Labute approximate surface area is 98.9 Å². The van der Waals surface area contributed by atoms with E-state index < -0.39 is 5.91 Å². The Hall–Kier alpha value is -1.26. The van der Waals surface area contributed by atoms with Crippen molar-refractivity contribution in [3.63, 3.8) is 0 Å². The van der Waals surface area contributed by atoms with Gasteiger partial charge in [-0.15, -0.1) is 0 Å². The normalized spacial score (nSPS) is 16.2. The Morgan fingerprint density at radius 1 is 1.38 bits per heavy atom. The number of primary amides is 1. The number of morpholine rings is 1. The van der Waals surface area contributed by atoms with Crippen LogP contribution in [0.2, 0.25) is 5.02 Å². The number of ether oxygens (including phenoxy) is 1. The highest BCUT2D eigenvalue weighted by Gasteiger charge is 2.17. The first-order valence-electron chi connectivity index (χ1n) is 5.10. The number of nitrogens with zero attached hydrogens (tertiary/aromatic N) is 1. The number of hydrogen-bond acceptors (Lipinski definition) is 3. The fraction of sp³-hybridized carbons (Fsp3) is 0.364. The topological polar surface area (TPSA) is 55.6 Å². The molecule has 2 N–H and O–H groups in total. The molecule has 1 saturated heterocycles. The molecule has 1 aromatic rings. The zero-order valence-electron chi connectivity index (χ0n) is 8.78. The summed E-state index contributed by atoms with van der Waals surface area (Å²) in [6.07, 6.45) is 0. The van der Waals surface area contributed by atoms with Gasteiger partial charge >= 0.3 is 0 Å². The second-order valence-corrected chi connectivity index (χ2v) is 4.06. The van der Waals surface area contributed by atoms with Gasteiger partial charge in [-0.05, 0) is 18.2 Å². The molecule has 0 aromatic heterocycles. The molecule has 1 aliphatic rings. The van der Waals surface area contributed by atoms with Crippen LogP contribution in [-0.4, -0.2) is 32.2 Å². The number of carbonyl (C=O) groups is 1. The number of amides is 1. The summed E-state index contributed by atoms with van der Waals surface area (Å²) in [6.45, 7) is 2.87. The van der Waals surface area contributed by atoms with Crippen molar-refractivity contribution in [1.82, 2.24) is 0 Å². The molecule has 0 saturated carbocycles. The zero-order chi connectivity index (χ0) is 11.5. The van der Waals surface area contributed by atoms with Crippen LogP contribution in [0.3, 0.4) is 0 Å². The summed E-state index contributed by atoms with van der Waals surface area (Å²) in [7, 11) is 0. The maximum absolute atomic E-state index is 11.3. The summed E-state index contributed by atoms with van der Waals surface area (Å²) in [4.78, 5) is 13.4. The lowest BCUT2D eigenvalue weighted by molar-refractivity contribution is 0.0998. The van der Waals surface area contributed by atoms with Gasteiger partial charge in [-0.25, -0.2) is 0 Å². The second kappa shape index (κ2) is 4.72. The second-order valence-electron chi connectivity index (χ2n) is 3.63. The lowest BCUT2D eigenvalue weighted by Gasteiger charge is -2.30. The highest BCUT2D eigenvalue weighted by Crippen LogP contribution is 2.24. The minimum atomic E-state index is -0.455. The predicted octanol–water partition coefficient (Wildman–Crippen LogP) is 1.28. The molecule has 0 aliphatic carbocycles. The van der Waals surface area contributed by atoms with Crippen LogP contribution in [0.15, 0.2) is 18.2 Å². The van der Waals surface area contributed by atoms with Crippen LogP contribution in [0.5, 0.6) is 0 Å². The third-order valence-electron chi connectivity index (χ3n) is 2.58. The van der Waals surface area contributed by atoms with E-state index >= 15 is 0 Å². The number of halogens is 1. The number of nitrogens with two attached hydrogens (primary N) is 1. The van der Waals surface area contributed by atoms with Crippen LogP contribution in [-0.2, 0) is 4.74 Å². The van der Waals surface area contributed by atoms with Gasteiger partial charge < -0.3 is 15.4 Å². The van der Waals surface area contributed by atoms with E-state index in [1.54, 1.807) is 12.1 Å². The van der Waals surface area contributed by atoms with Gasteiger partial charge in [-0.1, -0.05) is 11.6 Å². The van der Waals surface area contributed by atoms with Gasteiger partial charge in [0.05, 0.1) is 18.8 Å². The Morgan fingerprint density at radius 3 is 2.69 bits per heavy atom. The van der Waals surface area contributed by atoms with Gasteiger partial charge in [0.25, 0.3) is 5.91 Å². The molecule has 0 atom stereocenters. The van der Waals surface area contributed by atoms with Crippen LogP contribution in [0.25, 0.3) is 0 Å². The minimum absolute atomic E-state index is 0.455. The molecule has 86 valence electrons. The maximum Gasteiger partial charge on any atom is 0.250 e. The third-order valence-corrected chi connectivity index (χ3v) is 2.81. The van der Waals surface area contributed by atoms with Gasteiger partial charge in [-0.2, -0.15) is 0 Å². The minimum Gasteiger partial charge on any atom is -0.378 e. The van der Waals surface area contributed by atoms with Crippen molar-refractivity contribution in [3.05, 3.63) is 28.8 Å². The van der Waals surface area contributed by atoms with Gasteiger partial charge in [-0.3, -0.25) is 4.79 Å². The van der Waals surface area contributed by atoms with E-state index in [9.17, 15) is 4.79 Å². The van der Waals surface area contributed by atoms with E-state index in [0.29, 0.717) is 23.8 Å². The smallest absolute Gasteiger partial charge is 0.250 e. The van der Waals surface area contributed by atoms with Crippen molar-refractivity contribution in [2.45, 2.75) is 0 Å². The van der Waals surface area contributed by atoms with Crippen LogP contribution >= 0.6 is 11.6 Å². The fourth-order valence-electron chi connectivity index (χ4n) is 1.79. The molecule has 0 bridgehead atoms. The van der Waals surface area contributed by atoms with Gasteiger partial charge in [0, 0.05) is 23.8 Å². The standard InChI is InChI=1S/C11H13ClN2O2/c12-8-1-2-10(9(7-8)11(13)15)14-3-5-16-6-4-14/h1-2,7H,3-6H2,(H2,13,15). The van der Waals surface area contributed by atoms with Crippen molar-refractivity contribution in [3.8, 4) is 0 Å². The van der Waals surface area contributed by atoms with Gasteiger partial charge in [0.1, 0.15) is 0 Å². The maximum atomic E-state index is 11.3. The summed E-state index contributed by atoms with van der Waals surface area (Å²) in [5.74, 6) is -0.455. The zero-order valence-corrected chi connectivity index (χ0v) is 9.54. The summed E-state index contributed by atoms with van der Waals surface area (Å²) in [6, 6.07) is 5.20. The van der Waals surface area contributed by atoms with Crippen molar-refractivity contribution >= 4 is 23.2 Å². The fourth-order valence-corrected chi connectivity index (χ4v) is 1.96.